The van der Waals surface area contributed by atoms with Gasteiger partial charge in [-0.05, 0) is 42.5 Å². The molecule has 0 radical (unpaired) electrons. The number of benzene rings is 1. The Kier molecular flexibility index (Phi) is 5.34. The highest BCUT2D eigenvalue weighted by Gasteiger charge is 2.24. The van der Waals surface area contributed by atoms with Crippen LogP contribution >= 0.6 is 11.6 Å². The highest BCUT2D eigenvalue weighted by molar-refractivity contribution is 6.30. The first-order valence-corrected chi connectivity index (χ1v) is 9.37. The molecule has 1 aliphatic rings. The van der Waals surface area contributed by atoms with E-state index < -0.39 is 0 Å². The number of hydrogen-bond acceptors (Lipinski definition) is 6. The van der Waals surface area contributed by atoms with Gasteiger partial charge in [-0.1, -0.05) is 11.6 Å². The number of aromatic nitrogens is 3. The average Bonchev–Trinajstić information content (AvgIpc) is 2.76. The Morgan fingerprint density at radius 2 is 1.61 bits per heavy atom. The monoisotopic (exact) mass is 394 g/mol. The second kappa shape index (κ2) is 8.22. The molecule has 0 atom stereocenters. The van der Waals surface area contributed by atoms with Crippen LogP contribution in [0.5, 0.6) is 0 Å². The quantitative estimate of drug-likeness (QED) is 0.732. The predicted molar refractivity (Wildman–Crippen MR) is 109 cm³/mol. The first kappa shape index (κ1) is 18.2. The summed E-state index contributed by atoms with van der Waals surface area (Å²) in [6, 6.07) is 12.8. The summed E-state index contributed by atoms with van der Waals surface area (Å²) in [5.74, 6) is 0.621. The van der Waals surface area contributed by atoms with Gasteiger partial charge in [0.25, 0.3) is 5.91 Å². The minimum absolute atomic E-state index is 0.0756. The van der Waals surface area contributed by atoms with Crippen LogP contribution in [0.1, 0.15) is 10.5 Å². The van der Waals surface area contributed by atoms with E-state index in [-0.39, 0.29) is 5.91 Å². The van der Waals surface area contributed by atoms with Crippen LogP contribution in [0.4, 0.5) is 17.3 Å². The largest absolute Gasteiger partial charge is 0.355 e. The second-order valence-electron chi connectivity index (χ2n) is 6.39. The lowest BCUT2D eigenvalue weighted by Gasteiger charge is -2.34. The molecule has 4 rings (SSSR count). The lowest BCUT2D eigenvalue weighted by atomic mass is 10.2. The van der Waals surface area contributed by atoms with Crippen LogP contribution in [0, 0.1) is 0 Å². The van der Waals surface area contributed by atoms with Crippen molar-refractivity contribution in [3.8, 4) is 0 Å². The van der Waals surface area contributed by atoms with Crippen molar-refractivity contribution in [1.29, 1.82) is 0 Å². The van der Waals surface area contributed by atoms with Gasteiger partial charge in [-0.25, -0.2) is 9.97 Å². The number of nitrogens with one attached hydrogen (secondary N) is 1. The summed E-state index contributed by atoms with van der Waals surface area (Å²) in [6.45, 7) is 2.60. The number of halogens is 1. The maximum Gasteiger partial charge on any atom is 0.272 e. The number of anilines is 3. The van der Waals surface area contributed by atoms with Crippen molar-refractivity contribution in [2.24, 2.45) is 0 Å². The third kappa shape index (κ3) is 4.20. The summed E-state index contributed by atoms with van der Waals surface area (Å²) in [4.78, 5) is 29.5. The number of pyridine rings is 1. The molecule has 28 heavy (non-hydrogen) atoms. The Hall–Kier alpha value is -3.19. The van der Waals surface area contributed by atoms with Gasteiger partial charge in [0.15, 0.2) is 0 Å². The minimum Gasteiger partial charge on any atom is -0.355 e. The summed E-state index contributed by atoms with van der Waals surface area (Å²) < 4.78 is 0. The van der Waals surface area contributed by atoms with Crippen LogP contribution in [-0.4, -0.2) is 51.9 Å². The molecular formula is C20H19ClN6O. The number of amides is 1. The zero-order valence-electron chi connectivity index (χ0n) is 15.1. The number of carbonyl (C=O) groups excluding carboxylic acids is 1. The van der Waals surface area contributed by atoms with E-state index in [2.05, 4.69) is 25.2 Å². The molecular weight excluding hydrogens is 376 g/mol. The lowest BCUT2D eigenvalue weighted by molar-refractivity contribution is 0.0740. The molecule has 0 saturated carbocycles. The highest BCUT2D eigenvalue weighted by Crippen LogP contribution is 2.20. The number of carbonyl (C=O) groups is 1. The molecule has 7 nitrogen and oxygen atoms in total. The van der Waals surface area contributed by atoms with Crippen molar-refractivity contribution in [2.45, 2.75) is 0 Å². The van der Waals surface area contributed by atoms with Crippen LogP contribution in [0.15, 0.2) is 61.1 Å². The number of piperazine rings is 1. The molecule has 3 heterocycles. The van der Waals surface area contributed by atoms with Crippen molar-refractivity contribution in [1.82, 2.24) is 19.9 Å². The molecule has 0 bridgehead atoms. The molecule has 0 unspecified atom stereocenters. The molecule has 1 aromatic carbocycles. The van der Waals surface area contributed by atoms with Gasteiger partial charge in [0, 0.05) is 61.2 Å². The number of nitrogens with zero attached hydrogens (tertiary/aromatic N) is 5. The van der Waals surface area contributed by atoms with Crippen LogP contribution in [-0.2, 0) is 0 Å². The minimum atomic E-state index is -0.0756. The summed E-state index contributed by atoms with van der Waals surface area (Å²) in [7, 11) is 0. The lowest BCUT2D eigenvalue weighted by Crippen LogP contribution is -2.49. The van der Waals surface area contributed by atoms with Crippen LogP contribution < -0.4 is 10.2 Å². The Morgan fingerprint density at radius 3 is 2.32 bits per heavy atom. The molecule has 1 fully saturated rings. The first-order chi connectivity index (χ1) is 13.7. The Morgan fingerprint density at radius 1 is 0.893 bits per heavy atom. The molecule has 0 aliphatic carbocycles. The molecule has 1 aliphatic heterocycles. The van der Waals surface area contributed by atoms with E-state index in [1.807, 2.05) is 35.2 Å². The van der Waals surface area contributed by atoms with Crippen molar-refractivity contribution in [3.63, 3.8) is 0 Å². The molecule has 3 aromatic rings. The molecule has 1 saturated heterocycles. The Balaban J connectivity index is 1.40. The SMILES string of the molecule is O=C(c1cc(Nc2ccc(Cl)cc2)ccn1)N1CCN(c2ncccn2)CC1. The maximum atomic E-state index is 12.9. The molecule has 1 N–H and O–H groups in total. The van der Waals surface area contributed by atoms with E-state index in [4.69, 9.17) is 11.6 Å². The Labute approximate surface area is 168 Å². The van der Waals surface area contributed by atoms with E-state index in [1.54, 1.807) is 30.7 Å². The molecule has 1 amide bonds. The normalized spacial score (nSPS) is 14.0. The number of hydrogen-bond donors (Lipinski definition) is 1. The van der Waals surface area contributed by atoms with E-state index in [1.165, 1.54) is 0 Å². The van der Waals surface area contributed by atoms with Crippen LogP contribution in [0.2, 0.25) is 5.02 Å². The molecule has 0 spiro atoms. The predicted octanol–water partition coefficient (Wildman–Crippen LogP) is 3.23. The van der Waals surface area contributed by atoms with E-state index >= 15 is 0 Å². The van der Waals surface area contributed by atoms with Crippen molar-refractivity contribution in [2.75, 3.05) is 36.4 Å². The van der Waals surface area contributed by atoms with Crippen LogP contribution in [0.25, 0.3) is 0 Å². The highest BCUT2D eigenvalue weighted by atomic mass is 35.5. The van der Waals surface area contributed by atoms with Gasteiger partial charge in [0.05, 0.1) is 0 Å². The second-order valence-corrected chi connectivity index (χ2v) is 6.83. The molecule has 2 aromatic heterocycles. The van der Waals surface area contributed by atoms with E-state index in [9.17, 15) is 4.79 Å². The van der Waals surface area contributed by atoms with E-state index in [0.717, 1.165) is 11.4 Å². The van der Waals surface area contributed by atoms with Crippen molar-refractivity contribution >= 4 is 34.8 Å². The Bertz CT molecular complexity index is 942. The average molecular weight is 395 g/mol. The fourth-order valence-corrected chi connectivity index (χ4v) is 3.18. The van der Waals surface area contributed by atoms with E-state index in [0.29, 0.717) is 42.8 Å². The van der Waals surface area contributed by atoms with Gasteiger partial charge in [-0.3, -0.25) is 9.78 Å². The fourth-order valence-electron chi connectivity index (χ4n) is 3.05. The zero-order chi connectivity index (χ0) is 19.3. The first-order valence-electron chi connectivity index (χ1n) is 8.99. The fraction of sp³-hybridized carbons (Fsp3) is 0.200. The van der Waals surface area contributed by atoms with Gasteiger partial charge in [-0.15, -0.1) is 0 Å². The third-order valence-electron chi connectivity index (χ3n) is 4.51. The summed E-state index contributed by atoms with van der Waals surface area (Å²) in [6.07, 6.45) is 5.09. The maximum absolute atomic E-state index is 12.9. The van der Waals surface area contributed by atoms with Crippen LogP contribution in [0.3, 0.4) is 0 Å². The standard InChI is InChI=1S/C20H19ClN6O/c21-15-2-4-16(5-3-15)25-17-6-9-22-18(14-17)19(28)26-10-12-27(13-11-26)20-23-7-1-8-24-20/h1-9,14H,10-13H2,(H,22,25). The van der Waals surface area contributed by atoms with Gasteiger partial charge in [0.1, 0.15) is 5.69 Å². The van der Waals surface area contributed by atoms with Gasteiger partial charge >= 0.3 is 0 Å². The third-order valence-corrected chi connectivity index (χ3v) is 4.77. The van der Waals surface area contributed by atoms with Gasteiger partial charge < -0.3 is 15.1 Å². The topological polar surface area (TPSA) is 74.2 Å². The smallest absolute Gasteiger partial charge is 0.272 e. The zero-order valence-corrected chi connectivity index (χ0v) is 15.9. The van der Waals surface area contributed by atoms with Crippen molar-refractivity contribution < 1.29 is 4.79 Å². The summed E-state index contributed by atoms with van der Waals surface area (Å²) >= 11 is 5.92. The van der Waals surface area contributed by atoms with Crippen molar-refractivity contribution in [3.05, 3.63) is 71.8 Å². The molecule has 8 heteroatoms. The summed E-state index contributed by atoms with van der Waals surface area (Å²) in [5.41, 5.74) is 2.12. The molecule has 142 valence electrons. The van der Waals surface area contributed by atoms with Gasteiger partial charge in [0.2, 0.25) is 5.95 Å². The summed E-state index contributed by atoms with van der Waals surface area (Å²) in [5, 5.41) is 3.94. The van der Waals surface area contributed by atoms with Gasteiger partial charge in [-0.2, -0.15) is 0 Å². The number of rotatable bonds is 4.